The fraction of sp³-hybridized carbons (Fsp3) is 0.364. The topological polar surface area (TPSA) is 67.9 Å². The summed E-state index contributed by atoms with van der Waals surface area (Å²) in [5, 5.41) is 2.77. The minimum Gasteiger partial charge on any atom is -0.452 e. The highest BCUT2D eigenvalue weighted by atomic mass is 16.5. The lowest BCUT2D eigenvalue weighted by Crippen LogP contribution is -2.35. The third-order valence-electron chi connectivity index (χ3n) is 4.77. The van der Waals surface area contributed by atoms with Crippen molar-refractivity contribution in [3.63, 3.8) is 0 Å². The van der Waals surface area contributed by atoms with Crippen LogP contribution in [0.1, 0.15) is 27.0 Å². The van der Waals surface area contributed by atoms with Crippen molar-refractivity contribution in [2.45, 2.75) is 20.0 Å². The SMILES string of the molecule is Cc1ccccc1CNC(=O)COC(=O)c1ccc(CN2CCOCC2)cc1. The maximum atomic E-state index is 12.1. The van der Waals surface area contributed by atoms with Gasteiger partial charge in [-0.05, 0) is 35.7 Å². The van der Waals surface area contributed by atoms with E-state index < -0.39 is 5.97 Å². The maximum Gasteiger partial charge on any atom is 0.338 e. The highest BCUT2D eigenvalue weighted by molar-refractivity contribution is 5.91. The largest absolute Gasteiger partial charge is 0.452 e. The van der Waals surface area contributed by atoms with Gasteiger partial charge in [-0.25, -0.2) is 4.79 Å². The second kappa shape index (κ2) is 10.0. The molecule has 0 unspecified atom stereocenters. The van der Waals surface area contributed by atoms with Crippen LogP contribution in [0.4, 0.5) is 0 Å². The van der Waals surface area contributed by atoms with Gasteiger partial charge in [0.15, 0.2) is 6.61 Å². The summed E-state index contributed by atoms with van der Waals surface area (Å²) in [5.41, 5.74) is 3.72. The van der Waals surface area contributed by atoms with Crippen LogP contribution in [0.15, 0.2) is 48.5 Å². The Balaban J connectivity index is 1.42. The molecule has 1 fully saturated rings. The van der Waals surface area contributed by atoms with E-state index in [0.29, 0.717) is 12.1 Å². The van der Waals surface area contributed by atoms with Crippen LogP contribution in [0.5, 0.6) is 0 Å². The smallest absolute Gasteiger partial charge is 0.338 e. The Bertz CT molecular complexity index is 798. The van der Waals surface area contributed by atoms with Crippen LogP contribution in [-0.2, 0) is 27.4 Å². The highest BCUT2D eigenvalue weighted by Crippen LogP contribution is 2.10. The Morgan fingerprint density at radius 2 is 1.79 bits per heavy atom. The van der Waals surface area contributed by atoms with Gasteiger partial charge in [-0.3, -0.25) is 9.69 Å². The van der Waals surface area contributed by atoms with Gasteiger partial charge in [-0.1, -0.05) is 36.4 Å². The van der Waals surface area contributed by atoms with Gasteiger partial charge >= 0.3 is 5.97 Å². The minimum atomic E-state index is -0.496. The molecular weight excluding hydrogens is 356 g/mol. The van der Waals surface area contributed by atoms with Gasteiger partial charge in [0.05, 0.1) is 18.8 Å². The van der Waals surface area contributed by atoms with Crippen LogP contribution >= 0.6 is 0 Å². The zero-order valence-corrected chi connectivity index (χ0v) is 16.1. The maximum absolute atomic E-state index is 12.1. The summed E-state index contributed by atoms with van der Waals surface area (Å²) in [4.78, 5) is 26.4. The number of esters is 1. The standard InChI is InChI=1S/C22H26N2O4/c1-17-4-2-3-5-20(17)14-23-21(25)16-28-22(26)19-8-6-18(7-9-19)15-24-10-12-27-13-11-24/h2-9H,10-16H2,1H3,(H,23,25). The summed E-state index contributed by atoms with van der Waals surface area (Å²) < 4.78 is 10.5. The van der Waals surface area contributed by atoms with Crippen molar-refractivity contribution in [3.05, 3.63) is 70.8 Å². The average molecular weight is 382 g/mol. The Kier molecular flexibility index (Phi) is 7.17. The molecule has 0 bridgehead atoms. The number of ether oxygens (including phenoxy) is 2. The molecule has 0 atom stereocenters. The number of hydrogen-bond acceptors (Lipinski definition) is 5. The van der Waals surface area contributed by atoms with E-state index >= 15 is 0 Å². The number of aryl methyl sites for hydroxylation is 1. The van der Waals surface area contributed by atoms with Gasteiger partial charge in [0.2, 0.25) is 0 Å². The summed E-state index contributed by atoms with van der Waals surface area (Å²) >= 11 is 0. The van der Waals surface area contributed by atoms with Crippen molar-refractivity contribution in [1.29, 1.82) is 0 Å². The summed E-state index contributed by atoms with van der Waals surface area (Å²) in [6, 6.07) is 15.2. The van der Waals surface area contributed by atoms with Crippen LogP contribution < -0.4 is 5.32 Å². The lowest BCUT2D eigenvalue weighted by Gasteiger charge is -2.26. The molecule has 1 saturated heterocycles. The summed E-state index contributed by atoms with van der Waals surface area (Å²) in [7, 11) is 0. The van der Waals surface area contributed by atoms with E-state index in [-0.39, 0.29) is 12.5 Å². The lowest BCUT2D eigenvalue weighted by molar-refractivity contribution is -0.124. The van der Waals surface area contributed by atoms with Crippen LogP contribution in [0.25, 0.3) is 0 Å². The molecule has 0 radical (unpaired) electrons. The van der Waals surface area contributed by atoms with Crippen molar-refractivity contribution >= 4 is 11.9 Å². The molecule has 0 saturated carbocycles. The van der Waals surface area contributed by atoms with E-state index in [0.717, 1.165) is 49.5 Å². The Morgan fingerprint density at radius 1 is 1.07 bits per heavy atom. The van der Waals surface area contributed by atoms with Crippen molar-refractivity contribution in [3.8, 4) is 0 Å². The van der Waals surface area contributed by atoms with Crippen molar-refractivity contribution in [1.82, 2.24) is 10.2 Å². The van der Waals surface area contributed by atoms with Crippen LogP contribution in [-0.4, -0.2) is 49.7 Å². The molecule has 1 aliphatic rings. The monoisotopic (exact) mass is 382 g/mol. The molecule has 0 aromatic heterocycles. The molecule has 1 heterocycles. The fourth-order valence-corrected chi connectivity index (χ4v) is 3.03. The van der Waals surface area contributed by atoms with E-state index in [1.165, 1.54) is 0 Å². The molecule has 2 aromatic rings. The average Bonchev–Trinajstić information content (AvgIpc) is 2.73. The number of carbonyl (C=O) groups is 2. The van der Waals surface area contributed by atoms with Gasteiger partial charge in [-0.2, -0.15) is 0 Å². The van der Waals surface area contributed by atoms with Crippen molar-refractivity contribution < 1.29 is 19.1 Å². The molecule has 3 rings (SSSR count). The van der Waals surface area contributed by atoms with E-state index in [4.69, 9.17) is 9.47 Å². The predicted octanol–water partition coefficient (Wildman–Crippen LogP) is 2.30. The first-order chi connectivity index (χ1) is 13.6. The highest BCUT2D eigenvalue weighted by Gasteiger charge is 2.13. The Morgan fingerprint density at radius 3 is 2.50 bits per heavy atom. The van der Waals surface area contributed by atoms with E-state index in [2.05, 4.69) is 10.2 Å². The van der Waals surface area contributed by atoms with Crippen LogP contribution in [0.2, 0.25) is 0 Å². The van der Waals surface area contributed by atoms with Gasteiger partial charge in [0, 0.05) is 26.2 Å². The van der Waals surface area contributed by atoms with Gasteiger partial charge < -0.3 is 14.8 Å². The first kappa shape index (κ1) is 20.0. The number of amides is 1. The molecule has 1 N–H and O–H groups in total. The predicted molar refractivity (Wildman–Crippen MR) is 106 cm³/mol. The minimum absolute atomic E-state index is 0.291. The second-order valence-corrected chi connectivity index (χ2v) is 6.86. The van der Waals surface area contributed by atoms with Gasteiger partial charge in [-0.15, -0.1) is 0 Å². The summed E-state index contributed by atoms with van der Waals surface area (Å²) in [5.74, 6) is -0.815. The Labute approximate surface area is 165 Å². The van der Waals surface area contributed by atoms with Gasteiger partial charge in [0.25, 0.3) is 5.91 Å². The number of morpholine rings is 1. The van der Waals surface area contributed by atoms with Crippen LogP contribution in [0, 0.1) is 6.92 Å². The molecule has 6 heteroatoms. The normalized spacial score (nSPS) is 14.5. The third-order valence-corrected chi connectivity index (χ3v) is 4.77. The van der Waals surface area contributed by atoms with Crippen molar-refractivity contribution in [2.75, 3.05) is 32.9 Å². The first-order valence-corrected chi connectivity index (χ1v) is 9.49. The van der Waals surface area contributed by atoms with E-state index in [1.54, 1.807) is 12.1 Å². The quantitative estimate of drug-likeness (QED) is 0.745. The second-order valence-electron chi connectivity index (χ2n) is 6.86. The fourth-order valence-electron chi connectivity index (χ4n) is 3.03. The summed E-state index contributed by atoms with van der Waals surface area (Å²) in [6.45, 7) is 6.30. The number of hydrogen-bond donors (Lipinski definition) is 1. The van der Waals surface area contributed by atoms with Gasteiger partial charge in [0.1, 0.15) is 0 Å². The van der Waals surface area contributed by atoms with Crippen molar-refractivity contribution in [2.24, 2.45) is 0 Å². The molecule has 148 valence electrons. The lowest BCUT2D eigenvalue weighted by atomic mass is 10.1. The third kappa shape index (κ3) is 5.90. The zero-order chi connectivity index (χ0) is 19.8. The molecular formula is C22H26N2O4. The molecule has 0 spiro atoms. The number of nitrogens with one attached hydrogen (secondary N) is 1. The molecule has 2 aromatic carbocycles. The summed E-state index contributed by atoms with van der Waals surface area (Å²) in [6.07, 6.45) is 0. The number of rotatable bonds is 7. The molecule has 1 aliphatic heterocycles. The van der Waals surface area contributed by atoms with E-state index in [1.807, 2.05) is 43.3 Å². The number of carbonyl (C=O) groups excluding carboxylic acids is 2. The van der Waals surface area contributed by atoms with Crippen LogP contribution in [0.3, 0.4) is 0 Å². The number of nitrogens with zero attached hydrogens (tertiary/aromatic N) is 1. The zero-order valence-electron chi connectivity index (χ0n) is 16.1. The molecule has 28 heavy (non-hydrogen) atoms. The molecule has 1 amide bonds. The first-order valence-electron chi connectivity index (χ1n) is 9.49. The van der Waals surface area contributed by atoms with E-state index in [9.17, 15) is 9.59 Å². The molecule has 6 nitrogen and oxygen atoms in total. The number of benzene rings is 2. The Hall–Kier alpha value is -2.70. The molecule has 0 aliphatic carbocycles.